The topological polar surface area (TPSA) is 6.48 Å². The highest BCUT2D eigenvalue weighted by Gasteiger charge is 2.37. The van der Waals surface area contributed by atoms with Crippen molar-refractivity contribution in [2.45, 2.75) is 58.4 Å². The van der Waals surface area contributed by atoms with Crippen molar-refractivity contribution in [1.82, 2.24) is 9.71 Å². The summed E-state index contributed by atoms with van der Waals surface area (Å²) in [6.07, 6.45) is 8.05. The van der Waals surface area contributed by atoms with Crippen molar-refractivity contribution >= 4 is 7.98 Å². The van der Waals surface area contributed by atoms with Crippen molar-refractivity contribution < 1.29 is 0 Å². The van der Waals surface area contributed by atoms with Gasteiger partial charge < -0.3 is 9.71 Å². The molecule has 2 heterocycles. The summed E-state index contributed by atoms with van der Waals surface area (Å²) >= 11 is 0. The van der Waals surface area contributed by atoms with Crippen molar-refractivity contribution in [3.05, 3.63) is 0 Å². The SMILES string of the molecule is [B]N1CCCC2(CCN(C(C)CCC)CC2)C1. The highest BCUT2D eigenvalue weighted by molar-refractivity contribution is 6.04. The predicted octanol–water partition coefficient (Wildman–Crippen LogP) is 2.44. The third-order valence-electron chi connectivity index (χ3n) is 4.88. The van der Waals surface area contributed by atoms with Crippen molar-refractivity contribution in [2.24, 2.45) is 5.41 Å². The summed E-state index contributed by atoms with van der Waals surface area (Å²) in [6.45, 7) is 9.47. The molecule has 2 rings (SSSR count). The third kappa shape index (κ3) is 3.26. The van der Waals surface area contributed by atoms with Crippen LogP contribution in [0.5, 0.6) is 0 Å². The van der Waals surface area contributed by atoms with Crippen molar-refractivity contribution in [3.8, 4) is 0 Å². The summed E-state index contributed by atoms with van der Waals surface area (Å²) in [5.74, 6) is 0. The Morgan fingerprint density at radius 2 is 1.88 bits per heavy atom. The molecular formula is C14H27BN2. The molecule has 0 bridgehead atoms. The molecule has 1 atom stereocenters. The number of nitrogens with zero attached hydrogens (tertiary/aromatic N) is 2. The van der Waals surface area contributed by atoms with Crippen LogP contribution in [0.25, 0.3) is 0 Å². The largest absolute Gasteiger partial charge is 0.353 e. The zero-order chi connectivity index (χ0) is 12.3. The van der Waals surface area contributed by atoms with Crippen LogP contribution in [0.2, 0.25) is 0 Å². The number of likely N-dealkylation sites (tertiary alicyclic amines) is 1. The zero-order valence-electron chi connectivity index (χ0n) is 11.6. The Kier molecular flexibility index (Phi) is 4.54. The molecule has 2 fully saturated rings. The lowest BCUT2D eigenvalue weighted by Gasteiger charge is -2.48. The standard InChI is InChI=1S/C14H27BN2/c1-3-5-13(2)16-10-7-14(8-11-16)6-4-9-17(15)12-14/h13H,3-12H2,1-2H3. The average molecular weight is 234 g/mol. The van der Waals surface area contributed by atoms with Crippen molar-refractivity contribution in [1.29, 1.82) is 0 Å². The van der Waals surface area contributed by atoms with Crippen LogP contribution in [0, 0.1) is 5.41 Å². The average Bonchev–Trinajstić information content (AvgIpc) is 2.30. The molecule has 2 aliphatic heterocycles. The van der Waals surface area contributed by atoms with E-state index in [0.717, 1.165) is 19.1 Å². The molecule has 2 aliphatic rings. The lowest BCUT2D eigenvalue weighted by atomic mass is 9.71. The van der Waals surface area contributed by atoms with E-state index < -0.39 is 0 Å². The minimum absolute atomic E-state index is 0.551. The fourth-order valence-electron chi connectivity index (χ4n) is 3.69. The molecule has 0 aliphatic carbocycles. The minimum atomic E-state index is 0.551. The van der Waals surface area contributed by atoms with Crippen LogP contribution in [-0.2, 0) is 0 Å². The summed E-state index contributed by atoms with van der Waals surface area (Å²) in [5.41, 5.74) is 0.551. The maximum absolute atomic E-state index is 6.00. The summed E-state index contributed by atoms with van der Waals surface area (Å²) in [5, 5.41) is 0. The molecule has 0 amide bonds. The number of rotatable bonds is 3. The van der Waals surface area contributed by atoms with E-state index in [1.165, 1.54) is 51.6 Å². The van der Waals surface area contributed by atoms with Gasteiger partial charge in [0.25, 0.3) is 0 Å². The molecule has 0 aromatic rings. The molecule has 2 saturated heterocycles. The Balaban J connectivity index is 1.84. The van der Waals surface area contributed by atoms with Gasteiger partial charge in [0, 0.05) is 6.04 Å². The van der Waals surface area contributed by atoms with Crippen LogP contribution in [0.4, 0.5) is 0 Å². The van der Waals surface area contributed by atoms with E-state index in [1.54, 1.807) is 0 Å². The molecule has 1 unspecified atom stereocenters. The molecule has 2 radical (unpaired) electrons. The Labute approximate surface area is 108 Å². The van der Waals surface area contributed by atoms with E-state index in [0.29, 0.717) is 5.41 Å². The Bertz CT molecular complexity index is 236. The van der Waals surface area contributed by atoms with Gasteiger partial charge in [0.05, 0.1) is 0 Å². The monoisotopic (exact) mass is 234 g/mol. The molecule has 3 heteroatoms. The fourth-order valence-corrected chi connectivity index (χ4v) is 3.69. The third-order valence-corrected chi connectivity index (χ3v) is 4.88. The molecule has 0 saturated carbocycles. The Morgan fingerprint density at radius 1 is 1.18 bits per heavy atom. The highest BCUT2D eigenvalue weighted by Crippen LogP contribution is 2.39. The Hall–Kier alpha value is -0.0151. The lowest BCUT2D eigenvalue weighted by molar-refractivity contribution is 0.0358. The normalized spacial score (nSPS) is 28.4. The van der Waals surface area contributed by atoms with E-state index in [1.807, 2.05) is 0 Å². The smallest absolute Gasteiger partial charge is 0.182 e. The molecule has 0 aromatic carbocycles. The van der Waals surface area contributed by atoms with Gasteiger partial charge >= 0.3 is 0 Å². The van der Waals surface area contributed by atoms with Crippen LogP contribution in [0.1, 0.15) is 52.4 Å². The maximum atomic E-state index is 6.00. The number of hydrogen-bond donors (Lipinski definition) is 0. The van der Waals surface area contributed by atoms with Crippen LogP contribution in [-0.4, -0.2) is 49.9 Å². The first-order valence-corrected chi connectivity index (χ1v) is 7.39. The quantitative estimate of drug-likeness (QED) is 0.692. The second kappa shape index (κ2) is 5.75. The lowest BCUT2D eigenvalue weighted by Crippen LogP contribution is -2.50. The fraction of sp³-hybridized carbons (Fsp3) is 1.00. The van der Waals surface area contributed by atoms with Gasteiger partial charge in [-0.2, -0.15) is 0 Å². The first kappa shape index (κ1) is 13.4. The van der Waals surface area contributed by atoms with E-state index in [-0.39, 0.29) is 0 Å². The zero-order valence-corrected chi connectivity index (χ0v) is 11.6. The van der Waals surface area contributed by atoms with E-state index in [2.05, 4.69) is 23.6 Å². The van der Waals surface area contributed by atoms with Gasteiger partial charge in [-0.3, -0.25) is 0 Å². The highest BCUT2D eigenvalue weighted by atomic mass is 15.2. The first-order chi connectivity index (χ1) is 8.15. The maximum Gasteiger partial charge on any atom is 0.182 e. The van der Waals surface area contributed by atoms with Crippen molar-refractivity contribution in [3.63, 3.8) is 0 Å². The molecule has 1 spiro atoms. The van der Waals surface area contributed by atoms with Crippen LogP contribution < -0.4 is 0 Å². The molecule has 0 aromatic heterocycles. The molecule has 17 heavy (non-hydrogen) atoms. The first-order valence-electron chi connectivity index (χ1n) is 7.39. The number of hydrogen-bond acceptors (Lipinski definition) is 2. The second-order valence-electron chi connectivity index (χ2n) is 6.25. The van der Waals surface area contributed by atoms with E-state index in [4.69, 9.17) is 7.98 Å². The van der Waals surface area contributed by atoms with Gasteiger partial charge in [-0.05, 0) is 70.6 Å². The van der Waals surface area contributed by atoms with Crippen molar-refractivity contribution in [2.75, 3.05) is 26.2 Å². The van der Waals surface area contributed by atoms with Gasteiger partial charge in [-0.1, -0.05) is 13.3 Å². The number of piperidine rings is 2. The summed E-state index contributed by atoms with van der Waals surface area (Å²) in [4.78, 5) is 4.73. The molecular weight excluding hydrogens is 207 g/mol. The van der Waals surface area contributed by atoms with Gasteiger partial charge in [-0.25, -0.2) is 0 Å². The summed E-state index contributed by atoms with van der Waals surface area (Å²) in [6, 6.07) is 0.773. The summed E-state index contributed by atoms with van der Waals surface area (Å²) in [7, 11) is 6.00. The predicted molar refractivity (Wildman–Crippen MR) is 74.2 cm³/mol. The van der Waals surface area contributed by atoms with Gasteiger partial charge in [-0.15, -0.1) is 0 Å². The van der Waals surface area contributed by atoms with E-state index >= 15 is 0 Å². The summed E-state index contributed by atoms with van der Waals surface area (Å²) < 4.78 is 0. The minimum Gasteiger partial charge on any atom is -0.353 e. The van der Waals surface area contributed by atoms with E-state index in [9.17, 15) is 0 Å². The van der Waals surface area contributed by atoms with Gasteiger partial charge in [0.15, 0.2) is 7.98 Å². The van der Waals surface area contributed by atoms with Gasteiger partial charge in [0.1, 0.15) is 0 Å². The molecule has 96 valence electrons. The molecule has 0 N–H and O–H groups in total. The second-order valence-corrected chi connectivity index (χ2v) is 6.25. The Morgan fingerprint density at radius 3 is 2.47 bits per heavy atom. The van der Waals surface area contributed by atoms with Gasteiger partial charge in [0.2, 0.25) is 0 Å². The van der Waals surface area contributed by atoms with Crippen LogP contribution >= 0.6 is 0 Å². The molecule has 2 nitrogen and oxygen atoms in total. The van der Waals surface area contributed by atoms with Crippen LogP contribution in [0.3, 0.4) is 0 Å². The van der Waals surface area contributed by atoms with Crippen LogP contribution in [0.15, 0.2) is 0 Å².